The van der Waals surface area contributed by atoms with Crippen LogP contribution in [-0.4, -0.2) is 28.1 Å². The molecule has 0 saturated carbocycles. The molecule has 0 aliphatic carbocycles. The van der Waals surface area contributed by atoms with E-state index in [1.54, 1.807) is 26.1 Å². The predicted molar refractivity (Wildman–Crippen MR) is 92.7 cm³/mol. The van der Waals surface area contributed by atoms with Crippen LogP contribution in [-0.2, 0) is 11.8 Å². The number of carbonyl (C=O) groups is 2. The average Bonchev–Trinajstić information content (AvgIpc) is 2.74. The lowest BCUT2D eigenvalue weighted by Crippen LogP contribution is -2.28. The summed E-state index contributed by atoms with van der Waals surface area (Å²) in [6.45, 7) is 1.92. The van der Waals surface area contributed by atoms with Crippen molar-refractivity contribution < 1.29 is 9.59 Å². The van der Waals surface area contributed by atoms with Gasteiger partial charge in [0.1, 0.15) is 5.15 Å². The number of amides is 2. The highest BCUT2D eigenvalue weighted by Crippen LogP contribution is 2.18. The van der Waals surface area contributed by atoms with Gasteiger partial charge < -0.3 is 10.6 Å². The van der Waals surface area contributed by atoms with Gasteiger partial charge in [-0.2, -0.15) is 5.10 Å². The number of nitrogens with zero attached hydrogens (tertiary/aromatic N) is 2. The lowest BCUT2D eigenvalue weighted by atomic mass is 10.2. The van der Waals surface area contributed by atoms with E-state index in [4.69, 9.17) is 11.6 Å². The summed E-state index contributed by atoms with van der Waals surface area (Å²) < 4.78 is 2.37. The minimum Gasteiger partial charge on any atom is -0.351 e. The monoisotopic (exact) mass is 398 g/mol. The zero-order chi connectivity index (χ0) is 17.0. The van der Waals surface area contributed by atoms with Crippen LogP contribution in [0.5, 0.6) is 0 Å². The minimum atomic E-state index is -0.336. The highest BCUT2D eigenvalue weighted by atomic mass is 79.9. The smallest absolute Gasteiger partial charge is 0.256 e. The molecule has 0 aliphatic rings. The molecule has 6 nitrogen and oxygen atoms in total. The number of nitrogens with one attached hydrogen (secondary N) is 2. The molecule has 0 atom stereocenters. The molecule has 0 bridgehead atoms. The van der Waals surface area contributed by atoms with Gasteiger partial charge in [0.15, 0.2) is 0 Å². The largest absolute Gasteiger partial charge is 0.351 e. The fourth-order valence-electron chi connectivity index (χ4n) is 2.02. The molecule has 1 aromatic carbocycles. The first kappa shape index (κ1) is 17.5. The summed E-state index contributed by atoms with van der Waals surface area (Å²) in [5.41, 5.74) is 1.59. The maximum absolute atomic E-state index is 12.1. The fourth-order valence-corrected chi connectivity index (χ4v) is 2.55. The van der Waals surface area contributed by atoms with Crippen LogP contribution < -0.4 is 10.6 Å². The number of halogens is 2. The van der Waals surface area contributed by atoms with E-state index in [1.165, 1.54) is 4.68 Å². The number of aryl methyl sites for hydroxylation is 2. The van der Waals surface area contributed by atoms with Crippen molar-refractivity contribution in [1.82, 2.24) is 15.1 Å². The molecule has 1 heterocycles. The zero-order valence-electron chi connectivity index (χ0n) is 12.7. The molecule has 2 aromatic rings. The van der Waals surface area contributed by atoms with E-state index in [1.807, 2.05) is 12.1 Å². The Hall–Kier alpha value is -1.86. The van der Waals surface area contributed by atoms with Gasteiger partial charge in [0, 0.05) is 30.2 Å². The molecule has 0 unspecified atom stereocenters. The first-order chi connectivity index (χ1) is 10.9. The van der Waals surface area contributed by atoms with E-state index in [-0.39, 0.29) is 29.9 Å². The first-order valence-corrected chi connectivity index (χ1v) is 8.08. The molecule has 0 radical (unpaired) electrons. The standard InChI is InChI=1S/C15H16BrClN4O2/c1-9-13(14(17)21(2)20-9)15(23)18-8-7-12(22)19-11-5-3-10(16)4-6-11/h3-6H,7-8H2,1-2H3,(H,18,23)(H,19,22). The number of benzene rings is 1. The van der Waals surface area contributed by atoms with E-state index >= 15 is 0 Å². The highest BCUT2D eigenvalue weighted by molar-refractivity contribution is 9.10. The van der Waals surface area contributed by atoms with Crippen LogP contribution in [0.4, 0.5) is 5.69 Å². The molecule has 2 N–H and O–H groups in total. The Kier molecular flexibility index (Phi) is 5.79. The topological polar surface area (TPSA) is 76.0 Å². The van der Waals surface area contributed by atoms with E-state index in [0.717, 1.165) is 4.47 Å². The maximum Gasteiger partial charge on any atom is 0.256 e. The summed E-state index contributed by atoms with van der Waals surface area (Å²) >= 11 is 9.35. The molecule has 0 fully saturated rings. The Morgan fingerprint density at radius 1 is 1.30 bits per heavy atom. The summed E-state index contributed by atoms with van der Waals surface area (Å²) in [6.07, 6.45) is 0.165. The van der Waals surface area contributed by atoms with Gasteiger partial charge in [0.05, 0.1) is 11.3 Å². The molecule has 122 valence electrons. The lowest BCUT2D eigenvalue weighted by molar-refractivity contribution is -0.116. The second-order valence-corrected chi connectivity index (χ2v) is 6.21. The van der Waals surface area contributed by atoms with Crippen molar-refractivity contribution in [2.45, 2.75) is 13.3 Å². The maximum atomic E-state index is 12.1. The Morgan fingerprint density at radius 3 is 2.52 bits per heavy atom. The first-order valence-electron chi connectivity index (χ1n) is 6.91. The predicted octanol–water partition coefficient (Wildman–Crippen LogP) is 2.90. The van der Waals surface area contributed by atoms with Gasteiger partial charge >= 0.3 is 0 Å². The average molecular weight is 400 g/mol. The van der Waals surface area contributed by atoms with Crippen molar-refractivity contribution in [3.8, 4) is 0 Å². The molecule has 2 rings (SSSR count). The Bertz CT molecular complexity index is 728. The number of anilines is 1. The van der Waals surface area contributed by atoms with Crippen LogP contribution in [0.3, 0.4) is 0 Å². The number of aromatic nitrogens is 2. The van der Waals surface area contributed by atoms with Gasteiger partial charge in [-0.15, -0.1) is 0 Å². The van der Waals surface area contributed by atoms with Crippen molar-refractivity contribution >= 4 is 45.0 Å². The number of rotatable bonds is 5. The SMILES string of the molecule is Cc1nn(C)c(Cl)c1C(=O)NCCC(=O)Nc1ccc(Br)cc1. The second-order valence-electron chi connectivity index (χ2n) is 4.94. The van der Waals surface area contributed by atoms with Crippen LogP contribution in [0.15, 0.2) is 28.7 Å². The molecule has 2 amide bonds. The summed E-state index contributed by atoms with van der Waals surface area (Å²) in [7, 11) is 1.66. The van der Waals surface area contributed by atoms with Gasteiger partial charge in [-0.3, -0.25) is 14.3 Å². The number of hydrogen-bond donors (Lipinski definition) is 2. The number of hydrogen-bond acceptors (Lipinski definition) is 3. The van der Waals surface area contributed by atoms with E-state index < -0.39 is 0 Å². The van der Waals surface area contributed by atoms with Gasteiger partial charge in [0.2, 0.25) is 5.91 Å². The third-order valence-corrected chi connectivity index (χ3v) is 4.11. The molecule has 1 aromatic heterocycles. The van der Waals surface area contributed by atoms with E-state index in [9.17, 15) is 9.59 Å². The van der Waals surface area contributed by atoms with Gasteiger partial charge in [-0.1, -0.05) is 27.5 Å². The lowest BCUT2D eigenvalue weighted by Gasteiger charge is -2.07. The van der Waals surface area contributed by atoms with Crippen LogP contribution in [0, 0.1) is 6.92 Å². The van der Waals surface area contributed by atoms with Crippen LogP contribution >= 0.6 is 27.5 Å². The van der Waals surface area contributed by atoms with E-state index in [2.05, 4.69) is 31.7 Å². The highest BCUT2D eigenvalue weighted by Gasteiger charge is 2.18. The zero-order valence-corrected chi connectivity index (χ0v) is 15.0. The summed E-state index contributed by atoms with van der Waals surface area (Å²) in [5.74, 6) is -0.515. The van der Waals surface area contributed by atoms with E-state index in [0.29, 0.717) is 16.9 Å². The molecule has 23 heavy (non-hydrogen) atoms. The second kappa shape index (κ2) is 7.61. The van der Waals surface area contributed by atoms with Crippen molar-refractivity contribution in [3.05, 3.63) is 45.1 Å². The normalized spacial score (nSPS) is 10.4. The molecule has 0 saturated heterocycles. The van der Waals surface area contributed by atoms with Crippen molar-refractivity contribution in [2.24, 2.45) is 7.05 Å². The molecule has 0 aliphatic heterocycles. The molecular formula is C15H16BrClN4O2. The molecule has 8 heteroatoms. The van der Waals surface area contributed by atoms with Crippen LogP contribution in [0.1, 0.15) is 22.5 Å². The third kappa shape index (κ3) is 4.56. The molecule has 0 spiro atoms. The Morgan fingerprint density at radius 2 is 1.96 bits per heavy atom. The van der Waals surface area contributed by atoms with Crippen molar-refractivity contribution in [2.75, 3.05) is 11.9 Å². The van der Waals surface area contributed by atoms with Gasteiger partial charge in [-0.05, 0) is 31.2 Å². The summed E-state index contributed by atoms with van der Waals surface area (Å²) in [4.78, 5) is 23.9. The van der Waals surface area contributed by atoms with Gasteiger partial charge in [0.25, 0.3) is 5.91 Å². The third-order valence-electron chi connectivity index (χ3n) is 3.14. The summed E-state index contributed by atoms with van der Waals surface area (Å²) in [5, 5.41) is 9.79. The quantitative estimate of drug-likeness (QED) is 0.811. The Balaban J connectivity index is 1.83. The molecular weight excluding hydrogens is 384 g/mol. The fraction of sp³-hybridized carbons (Fsp3) is 0.267. The van der Waals surface area contributed by atoms with Crippen LogP contribution in [0.2, 0.25) is 5.15 Å². The van der Waals surface area contributed by atoms with Crippen molar-refractivity contribution in [3.63, 3.8) is 0 Å². The number of carbonyl (C=O) groups excluding carboxylic acids is 2. The van der Waals surface area contributed by atoms with Crippen LogP contribution in [0.25, 0.3) is 0 Å². The minimum absolute atomic E-state index is 0.165. The Labute approximate surface area is 147 Å². The summed E-state index contributed by atoms with van der Waals surface area (Å²) in [6, 6.07) is 7.26. The van der Waals surface area contributed by atoms with Gasteiger partial charge in [-0.25, -0.2) is 0 Å². The van der Waals surface area contributed by atoms with Crippen molar-refractivity contribution in [1.29, 1.82) is 0 Å².